The molecule has 1 amide bonds. The SMILES string of the molecule is CCCCN(C(=O)c1cc(OC)cc(OC)c1)c1c(N)n(Cc2ccccc2)c(=O)[nH]c1=O. The van der Waals surface area contributed by atoms with Crippen molar-refractivity contribution in [3.05, 3.63) is 80.5 Å². The van der Waals surface area contributed by atoms with Gasteiger partial charge in [0.15, 0.2) is 5.69 Å². The molecule has 0 radical (unpaired) electrons. The highest BCUT2D eigenvalue weighted by molar-refractivity contribution is 6.07. The van der Waals surface area contributed by atoms with Gasteiger partial charge in [0.1, 0.15) is 17.3 Å². The summed E-state index contributed by atoms with van der Waals surface area (Å²) in [6.45, 7) is 2.37. The Hall–Kier alpha value is -4.01. The lowest BCUT2D eigenvalue weighted by Gasteiger charge is -2.25. The Morgan fingerprint density at radius 1 is 1.06 bits per heavy atom. The number of carbonyl (C=O) groups excluding carboxylic acids is 1. The molecule has 174 valence electrons. The van der Waals surface area contributed by atoms with E-state index in [0.29, 0.717) is 17.9 Å². The summed E-state index contributed by atoms with van der Waals surface area (Å²) in [5.74, 6) is 0.336. The molecular weight excluding hydrogens is 424 g/mol. The second-order valence-electron chi connectivity index (χ2n) is 7.48. The van der Waals surface area contributed by atoms with Gasteiger partial charge in [-0.05, 0) is 24.1 Å². The third-order valence-corrected chi connectivity index (χ3v) is 5.25. The Kier molecular flexibility index (Phi) is 7.55. The molecule has 1 heterocycles. The van der Waals surface area contributed by atoms with E-state index in [1.54, 1.807) is 18.2 Å². The third kappa shape index (κ3) is 5.25. The van der Waals surface area contributed by atoms with Crippen LogP contribution in [-0.2, 0) is 6.54 Å². The molecule has 33 heavy (non-hydrogen) atoms. The molecular formula is C24H28N4O5. The average molecular weight is 453 g/mol. The fourth-order valence-corrected chi connectivity index (χ4v) is 3.48. The number of hydrogen-bond acceptors (Lipinski definition) is 6. The van der Waals surface area contributed by atoms with Crippen LogP contribution < -0.4 is 31.4 Å². The van der Waals surface area contributed by atoms with Crippen molar-refractivity contribution in [2.24, 2.45) is 0 Å². The molecule has 3 N–H and O–H groups in total. The fourth-order valence-electron chi connectivity index (χ4n) is 3.48. The highest BCUT2D eigenvalue weighted by Crippen LogP contribution is 2.26. The molecule has 0 aliphatic carbocycles. The lowest BCUT2D eigenvalue weighted by atomic mass is 10.1. The highest BCUT2D eigenvalue weighted by Gasteiger charge is 2.26. The number of aromatic amines is 1. The average Bonchev–Trinajstić information content (AvgIpc) is 2.83. The molecule has 9 heteroatoms. The van der Waals surface area contributed by atoms with Gasteiger partial charge in [-0.1, -0.05) is 43.7 Å². The van der Waals surface area contributed by atoms with Crippen molar-refractivity contribution in [2.45, 2.75) is 26.3 Å². The van der Waals surface area contributed by atoms with Gasteiger partial charge in [0, 0.05) is 18.2 Å². The molecule has 0 saturated heterocycles. The van der Waals surface area contributed by atoms with E-state index >= 15 is 0 Å². The predicted molar refractivity (Wildman–Crippen MR) is 127 cm³/mol. The summed E-state index contributed by atoms with van der Waals surface area (Å²) in [6, 6.07) is 14.0. The van der Waals surface area contributed by atoms with Crippen molar-refractivity contribution >= 4 is 17.4 Å². The molecule has 2 aromatic carbocycles. The maximum absolute atomic E-state index is 13.6. The smallest absolute Gasteiger partial charge is 0.330 e. The largest absolute Gasteiger partial charge is 0.497 e. The number of benzene rings is 2. The number of carbonyl (C=O) groups is 1. The van der Waals surface area contributed by atoms with Crippen LogP contribution in [0.15, 0.2) is 58.1 Å². The van der Waals surface area contributed by atoms with Gasteiger partial charge >= 0.3 is 5.69 Å². The molecule has 0 bridgehead atoms. The minimum absolute atomic E-state index is 0.0641. The van der Waals surface area contributed by atoms with Crippen LogP contribution in [-0.4, -0.2) is 36.2 Å². The lowest BCUT2D eigenvalue weighted by molar-refractivity contribution is 0.0985. The van der Waals surface area contributed by atoms with Crippen LogP contribution in [0.5, 0.6) is 11.5 Å². The summed E-state index contributed by atoms with van der Waals surface area (Å²) in [6.07, 6.45) is 1.41. The number of nitrogens with two attached hydrogens (primary N) is 1. The van der Waals surface area contributed by atoms with E-state index in [9.17, 15) is 14.4 Å². The van der Waals surface area contributed by atoms with E-state index in [1.165, 1.54) is 23.7 Å². The van der Waals surface area contributed by atoms with Gasteiger partial charge < -0.3 is 20.1 Å². The fraction of sp³-hybridized carbons (Fsp3) is 0.292. The van der Waals surface area contributed by atoms with E-state index in [0.717, 1.165) is 12.0 Å². The van der Waals surface area contributed by atoms with E-state index in [1.807, 2.05) is 37.3 Å². The number of amides is 1. The molecule has 0 atom stereocenters. The molecule has 0 unspecified atom stereocenters. The topological polar surface area (TPSA) is 120 Å². The minimum atomic E-state index is -0.721. The van der Waals surface area contributed by atoms with Gasteiger partial charge in [-0.15, -0.1) is 0 Å². The molecule has 1 aromatic heterocycles. The zero-order chi connectivity index (χ0) is 24.0. The summed E-state index contributed by atoms with van der Waals surface area (Å²) < 4.78 is 11.8. The van der Waals surface area contributed by atoms with E-state index in [-0.39, 0.29) is 30.2 Å². The second kappa shape index (κ2) is 10.5. The molecule has 0 fully saturated rings. The normalized spacial score (nSPS) is 10.6. The Bertz CT molecular complexity index is 1210. The number of methoxy groups -OCH3 is 2. The minimum Gasteiger partial charge on any atom is -0.497 e. The van der Waals surface area contributed by atoms with Gasteiger partial charge in [-0.25, -0.2) is 4.79 Å². The van der Waals surface area contributed by atoms with Gasteiger partial charge in [-0.2, -0.15) is 0 Å². The lowest BCUT2D eigenvalue weighted by Crippen LogP contribution is -2.41. The van der Waals surface area contributed by atoms with Crippen LogP contribution in [0.4, 0.5) is 11.5 Å². The number of anilines is 2. The number of nitrogens with zero attached hydrogens (tertiary/aromatic N) is 2. The first-order chi connectivity index (χ1) is 15.9. The van der Waals surface area contributed by atoms with Crippen molar-refractivity contribution in [2.75, 3.05) is 31.4 Å². The summed E-state index contributed by atoms with van der Waals surface area (Å²) in [5.41, 5.74) is 6.00. The number of rotatable bonds is 9. The van der Waals surface area contributed by atoms with Crippen molar-refractivity contribution < 1.29 is 14.3 Å². The maximum Gasteiger partial charge on any atom is 0.330 e. The number of unbranched alkanes of at least 4 members (excludes halogenated alkanes) is 1. The standard InChI is InChI=1S/C24H28N4O5/c1-4-5-11-27(23(30)17-12-18(32-2)14-19(13-17)33-3)20-21(25)28(24(31)26-22(20)29)15-16-9-7-6-8-10-16/h6-10,12-14H,4-5,11,15,25H2,1-3H3,(H,26,29,31). The Balaban J connectivity index is 2.13. The first kappa shape index (κ1) is 23.6. The summed E-state index contributed by atoms with van der Waals surface area (Å²) >= 11 is 0. The Labute approximate surface area is 191 Å². The summed E-state index contributed by atoms with van der Waals surface area (Å²) in [4.78, 5) is 42.6. The number of ether oxygens (including phenoxy) is 2. The Morgan fingerprint density at radius 2 is 1.70 bits per heavy atom. The number of hydrogen-bond donors (Lipinski definition) is 2. The van der Waals surface area contributed by atoms with E-state index < -0.39 is 17.2 Å². The van der Waals surface area contributed by atoms with Gasteiger partial charge in [0.05, 0.1) is 20.8 Å². The number of nitrogen functional groups attached to an aromatic ring is 1. The van der Waals surface area contributed by atoms with Crippen LogP contribution in [0.1, 0.15) is 35.7 Å². The summed E-state index contributed by atoms with van der Waals surface area (Å²) in [5, 5.41) is 0. The van der Waals surface area contributed by atoms with Crippen molar-refractivity contribution in [3.8, 4) is 11.5 Å². The molecule has 0 aliphatic heterocycles. The molecule has 0 saturated carbocycles. The highest BCUT2D eigenvalue weighted by atomic mass is 16.5. The first-order valence-electron chi connectivity index (χ1n) is 10.6. The zero-order valence-electron chi connectivity index (χ0n) is 19.0. The van der Waals surface area contributed by atoms with Gasteiger partial charge in [-0.3, -0.25) is 19.1 Å². The number of nitrogens with one attached hydrogen (secondary N) is 1. The number of H-pyrrole nitrogens is 1. The molecule has 9 nitrogen and oxygen atoms in total. The third-order valence-electron chi connectivity index (χ3n) is 5.25. The van der Waals surface area contributed by atoms with Crippen molar-refractivity contribution in [3.63, 3.8) is 0 Å². The van der Waals surface area contributed by atoms with Crippen LogP contribution >= 0.6 is 0 Å². The molecule has 0 spiro atoms. The first-order valence-corrected chi connectivity index (χ1v) is 10.6. The van der Waals surface area contributed by atoms with Gasteiger partial charge in [0.25, 0.3) is 11.5 Å². The second-order valence-corrected chi connectivity index (χ2v) is 7.48. The van der Waals surface area contributed by atoms with E-state index in [4.69, 9.17) is 15.2 Å². The summed E-state index contributed by atoms with van der Waals surface area (Å²) in [7, 11) is 2.97. The number of aromatic nitrogens is 2. The van der Waals surface area contributed by atoms with Crippen LogP contribution in [0.2, 0.25) is 0 Å². The van der Waals surface area contributed by atoms with Crippen molar-refractivity contribution in [1.29, 1.82) is 0 Å². The quantitative estimate of drug-likeness (QED) is 0.515. The predicted octanol–water partition coefficient (Wildman–Crippen LogP) is 2.63. The maximum atomic E-state index is 13.6. The Morgan fingerprint density at radius 3 is 2.27 bits per heavy atom. The van der Waals surface area contributed by atoms with Gasteiger partial charge in [0.2, 0.25) is 0 Å². The van der Waals surface area contributed by atoms with Crippen molar-refractivity contribution in [1.82, 2.24) is 9.55 Å². The monoisotopic (exact) mass is 452 g/mol. The van der Waals surface area contributed by atoms with E-state index in [2.05, 4.69) is 4.98 Å². The van der Waals surface area contributed by atoms with Crippen LogP contribution in [0.25, 0.3) is 0 Å². The molecule has 3 rings (SSSR count). The molecule has 0 aliphatic rings. The molecule has 3 aromatic rings. The van der Waals surface area contributed by atoms with Crippen LogP contribution in [0, 0.1) is 0 Å². The zero-order valence-corrected chi connectivity index (χ0v) is 19.0. The van der Waals surface area contributed by atoms with Crippen LogP contribution in [0.3, 0.4) is 0 Å².